The summed E-state index contributed by atoms with van der Waals surface area (Å²) in [7, 11) is 0. The van der Waals surface area contributed by atoms with Gasteiger partial charge in [0.15, 0.2) is 0 Å². The standard InChI is InChI=1S/C16H19IN2O/c1-16(2)7-6-15(20-16)11-19-10-13(9-18-19)12-4-3-5-14(17)8-12/h3-5,8-10,15H,6-7,11H2,1-2H3. The molecule has 0 aliphatic carbocycles. The highest BCUT2D eigenvalue weighted by atomic mass is 127. The van der Waals surface area contributed by atoms with Gasteiger partial charge >= 0.3 is 0 Å². The minimum absolute atomic E-state index is 0.0240. The minimum atomic E-state index is 0.0240. The van der Waals surface area contributed by atoms with Crippen LogP contribution in [-0.2, 0) is 11.3 Å². The van der Waals surface area contributed by atoms with Crippen LogP contribution in [-0.4, -0.2) is 21.5 Å². The molecule has 0 bridgehead atoms. The van der Waals surface area contributed by atoms with Crippen molar-refractivity contribution in [2.45, 2.75) is 44.9 Å². The quantitative estimate of drug-likeness (QED) is 0.747. The van der Waals surface area contributed by atoms with Crippen LogP contribution >= 0.6 is 22.6 Å². The molecule has 0 radical (unpaired) electrons. The lowest BCUT2D eigenvalue weighted by Gasteiger charge is -2.19. The molecule has 4 heteroatoms. The average molecular weight is 382 g/mol. The third-order valence-electron chi connectivity index (χ3n) is 3.74. The molecule has 0 saturated carbocycles. The molecule has 1 aromatic carbocycles. The molecule has 2 heterocycles. The Bertz CT molecular complexity index is 606. The van der Waals surface area contributed by atoms with Crippen LogP contribution in [0.5, 0.6) is 0 Å². The van der Waals surface area contributed by atoms with Crippen molar-refractivity contribution >= 4 is 22.6 Å². The topological polar surface area (TPSA) is 27.1 Å². The van der Waals surface area contributed by atoms with Gasteiger partial charge in [-0.3, -0.25) is 4.68 Å². The summed E-state index contributed by atoms with van der Waals surface area (Å²) in [5.74, 6) is 0. The lowest BCUT2D eigenvalue weighted by Crippen LogP contribution is -2.23. The van der Waals surface area contributed by atoms with E-state index in [0.717, 1.165) is 19.4 Å². The Kier molecular flexibility index (Phi) is 3.86. The van der Waals surface area contributed by atoms with Crippen molar-refractivity contribution in [1.82, 2.24) is 9.78 Å². The summed E-state index contributed by atoms with van der Waals surface area (Å²) in [6.07, 6.45) is 6.58. The Balaban J connectivity index is 1.71. The fourth-order valence-electron chi connectivity index (χ4n) is 2.70. The van der Waals surface area contributed by atoms with Gasteiger partial charge in [-0.05, 0) is 67.0 Å². The Morgan fingerprint density at radius 1 is 1.40 bits per heavy atom. The smallest absolute Gasteiger partial charge is 0.0779 e. The number of aromatic nitrogens is 2. The second-order valence-electron chi connectivity index (χ2n) is 6.00. The number of halogens is 1. The molecule has 0 N–H and O–H groups in total. The summed E-state index contributed by atoms with van der Waals surface area (Å²) in [5, 5.41) is 4.47. The minimum Gasteiger partial charge on any atom is -0.370 e. The fourth-order valence-corrected chi connectivity index (χ4v) is 3.24. The third kappa shape index (κ3) is 3.23. The van der Waals surface area contributed by atoms with Gasteiger partial charge in [0, 0.05) is 15.3 Å². The molecule has 1 aromatic heterocycles. The maximum atomic E-state index is 6.02. The van der Waals surface area contributed by atoms with Gasteiger partial charge in [-0.25, -0.2) is 0 Å². The molecule has 0 amide bonds. The summed E-state index contributed by atoms with van der Waals surface area (Å²) >= 11 is 2.34. The molecule has 1 fully saturated rings. The molecule has 3 rings (SSSR count). The summed E-state index contributed by atoms with van der Waals surface area (Å²) in [4.78, 5) is 0. The van der Waals surface area contributed by atoms with E-state index in [9.17, 15) is 0 Å². The van der Waals surface area contributed by atoms with Gasteiger partial charge < -0.3 is 4.74 Å². The van der Waals surface area contributed by atoms with E-state index in [2.05, 4.69) is 72.0 Å². The van der Waals surface area contributed by atoms with Crippen molar-refractivity contribution in [1.29, 1.82) is 0 Å². The Morgan fingerprint density at radius 2 is 2.25 bits per heavy atom. The number of hydrogen-bond acceptors (Lipinski definition) is 2. The van der Waals surface area contributed by atoms with E-state index in [4.69, 9.17) is 4.74 Å². The maximum absolute atomic E-state index is 6.02. The number of ether oxygens (including phenoxy) is 1. The van der Waals surface area contributed by atoms with Crippen LogP contribution in [0, 0.1) is 3.57 Å². The fraction of sp³-hybridized carbons (Fsp3) is 0.438. The average Bonchev–Trinajstić information content (AvgIpc) is 2.97. The Labute approximate surface area is 133 Å². The highest BCUT2D eigenvalue weighted by molar-refractivity contribution is 14.1. The number of rotatable bonds is 3. The normalized spacial score (nSPS) is 21.2. The number of hydrogen-bond donors (Lipinski definition) is 0. The van der Waals surface area contributed by atoms with Crippen molar-refractivity contribution in [2.75, 3.05) is 0 Å². The molecule has 1 atom stereocenters. The molecule has 0 spiro atoms. The molecule has 1 aliphatic heterocycles. The van der Waals surface area contributed by atoms with Gasteiger partial charge in [0.05, 0.1) is 24.4 Å². The van der Waals surface area contributed by atoms with Crippen LogP contribution in [0.4, 0.5) is 0 Å². The second-order valence-corrected chi connectivity index (χ2v) is 7.25. The first-order valence-electron chi connectivity index (χ1n) is 6.98. The summed E-state index contributed by atoms with van der Waals surface area (Å²) in [6, 6.07) is 8.48. The summed E-state index contributed by atoms with van der Waals surface area (Å²) in [6.45, 7) is 5.16. The van der Waals surface area contributed by atoms with Gasteiger partial charge in [-0.2, -0.15) is 5.10 Å². The summed E-state index contributed by atoms with van der Waals surface area (Å²) in [5.41, 5.74) is 2.41. The van der Waals surface area contributed by atoms with Crippen LogP contribution < -0.4 is 0 Å². The van der Waals surface area contributed by atoms with Gasteiger partial charge in [-0.1, -0.05) is 12.1 Å². The molecule has 1 unspecified atom stereocenters. The maximum Gasteiger partial charge on any atom is 0.0779 e. The predicted molar refractivity (Wildman–Crippen MR) is 88.6 cm³/mol. The van der Waals surface area contributed by atoms with Crippen LogP contribution in [0.15, 0.2) is 36.7 Å². The third-order valence-corrected chi connectivity index (χ3v) is 4.41. The first kappa shape index (κ1) is 14.1. The Morgan fingerprint density at radius 3 is 2.95 bits per heavy atom. The molecule has 2 aromatic rings. The van der Waals surface area contributed by atoms with E-state index < -0.39 is 0 Å². The van der Waals surface area contributed by atoms with Crippen LogP contribution in [0.2, 0.25) is 0 Å². The zero-order chi connectivity index (χ0) is 14.2. The molecule has 1 aliphatic rings. The van der Waals surface area contributed by atoms with Crippen molar-refractivity contribution in [2.24, 2.45) is 0 Å². The van der Waals surface area contributed by atoms with Crippen molar-refractivity contribution in [3.63, 3.8) is 0 Å². The summed E-state index contributed by atoms with van der Waals surface area (Å²) < 4.78 is 9.27. The SMILES string of the molecule is CC1(C)CCC(Cn2cc(-c3cccc(I)c3)cn2)O1. The largest absolute Gasteiger partial charge is 0.370 e. The zero-order valence-corrected chi connectivity index (χ0v) is 14.0. The van der Waals surface area contributed by atoms with E-state index in [1.54, 1.807) is 0 Å². The van der Waals surface area contributed by atoms with Gasteiger partial charge in [0.1, 0.15) is 0 Å². The van der Waals surface area contributed by atoms with Gasteiger partial charge in [-0.15, -0.1) is 0 Å². The predicted octanol–water partition coefficient (Wildman–Crippen LogP) is 4.11. The lowest BCUT2D eigenvalue weighted by atomic mass is 10.1. The monoisotopic (exact) mass is 382 g/mol. The first-order valence-corrected chi connectivity index (χ1v) is 8.06. The zero-order valence-electron chi connectivity index (χ0n) is 11.8. The van der Waals surface area contributed by atoms with Crippen molar-refractivity contribution < 1.29 is 4.74 Å². The molecule has 1 saturated heterocycles. The highest BCUT2D eigenvalue weighted by Gasteiger charge is 2.31. The molecular weight excluding hydrogens is 363 g/mol. The molecular formula is C16H19IN2O. The van der Waals surface area contributed by atoms with E-state index >= 15 is 0 Å². The Hall–Kier alpha value is -0.880. The van der Waals surface area contributed by atoms with Gasteiger partial charge in [0.25, 0.3) is 0 Å². The highest BCUT2D eigenvalue weighted by Crippen LogP contribution is 2.30. The van der Waals surface area contributed by atoms with Crippen molar-refractivity contribution in [3.05, 3.63) is 40.2 Å². The van der Waals surface area contributed by atoms with E-state index in [0.29, 0.717) is 0 Å². The van der Waals surface area contributed by atoms with E-state index in [1.165, 1.54) is 14.7 Å². The first-order chi connectivity index (χ1) is 9.52. The van der Waals surface area contributed by atoms with Crippen LogP contribution in [0.1, 0.15) is 26.7 Å². The second kappa shape index (κ2) is 5.48. The van der Waals surface area contributed by atoms with Gasteiger partial charge in [0.2, 0.25) is 0 Å². The number of nitrogens with zero attached hydrogens (tertiary/aromatic N) is 2. The van der Waals surface area contributed by atoms with E-state index in [1.807, 2.05) is 10.9 Å². The molecule has 3 nitrogen and oxygen atoms in total. The van der Waals surface area contributed by atoms with Crippen LogP contribution in [0.25, 0.3) is 11.1 Å². The molecule has 20 heavy (non-hydrogen) atoms. The van der Waals surface area contributed by atoms with E-state index in [-0.39, 0.29) is 11.7 Å². The lowest BCUT2D eigenvalue weighted by molar-refractivity contribution is -0.0229. The van der Waals surface area contributed by atoms with Crippen LogP contribution in [0.3, 0.4) is 0 Å². The van der Waals surface area contributed by atoms with Crippen molar-refractivity contribution in [3.8, 4) is 11.1 Å². The number of benzene rings is 1. The molecule has 106 valence electrons.